The van der Waals surface area contributed by atoms with Gasteiger partial charge in [0.05, 0.1) is 12.6 Å². The molecule has 0 aromatic carbocycles. The lowest BCUT2D eigenvalue weighted by Crippen LogP contribution is -2.44. The number of aromatic nitrogens is 1. The number of urea groups is 1. The molecule has 0 saturated carbocycles. The molecule has 1 unspecified atom stereocenters. The second kappa shape index (κ2) is 6.77. The molecule has 1 atom stereocenters. The molecule has 0 radical (unpaired) electrons. The van der Waals surface area contributed by atoms with E-state index >= 15 is 0 Å². The van der Waals surface area contributed by atoms with Crippen molar-refractivity contribution in [3.8, 4) is 0 Å². The molecule has 1 aromatic heterocycles. The minimum absolute atomic E-state index is 0.0190. The molecule has 0 aliphatic carbocycles. The molecule has 3 heterocycles. The van der Waals surface area contributed by atoms with Crippen LogP contribution in [-0.4, -0.2) is 52.9 Å². The van der Waals surface area contributed by atoms with Crippen LogP contribution in [0.2, 0.25) is 0 Å². The van der Waals surface area contributed by atoms with Crippen LogP contribution in [-0.2, 0) is 4.79 Å². The van der Waals surface area contributed by atoms with Crippen molar-refractivity contribution < 1.29 is 9.59 Å². The maximum Gasteiger partial charge on any atom is 0.318 e. The van der Waals surface area contributed by atoms with Crippen molar-refractivity contribution in [2.45, 2.75) is 31.7 Å². The third-order valence-electron chi connectivity index (χ3n) is 4.45. The van der Waals surface area contributed by atoms with Crippen molar-refractivity contribution >= 4 is 11.9 Å². The molecule has 3 amide bonds. The molecule has 6 nitrogen and oxygen atoms in total. The zero-order valence-corrected chi connectivity index (χ0v) is 12.7. The molecular formula is C16H22N4O2. The zero-order chi connectivity index (χ0) is 15.4. The predicted octanol–water partition coefficient (Wildman–Crippen LogP) is 1.55. The number of carbonyl (C=O) groups is 2. The normalized spacial score (nSPS) is 21.2. The molecule has 2 saturated heterocycles. The number of carbonyl (C=O) groups excluding carboxylic acids is 2. The number of hydrogen-bond donors (Lipinski definition) is 1. The van der Waals surface area contributed by atoms with Crippen LogP contribution in [0, 0.1) is 0 Å². The lowest BCUT2D eigenvalue weighted by atomic mass is 10.1. The molecular weight excluding hydrogens is 280 g/mol. The Morgan fingerprint density at radius 2 is 1.86 bits per heavy atom. The second-order valence-electron chi connectivity index (χ2n) is 5.88. The highest BCUT2D eigenvalue weighted by Gasteiger charge is 2.30. The van der Waals surface area contributed by atoms with E-state index in [9.17, 15) is 9.59 Å². The summed E-state index contributed by atoms with van der Waals surface area (Å²) >= 11 is 0. The van der Waals surface area contributed by atoms with Gasteiger partial charge in [0, 0.05) is 32.0 Å². The summed E-state index contributed by atoms with van der Waals surface area (Å²) in [5.41, 5.74) is 1.11. The number of likely N-dealkylation sites (tertiary alicyclic amines) is 2. The predicted molar refractivity (Wildman–Crippen MR) is 82.1 cm³/mol. The van der Waals surface area contributed by atoms with Gasteiger partial charge in [0.25, 0.3) is 0 Å². The van der Waals surface area contributed by atoms with E-state index in [2.05, 4.69) is 10.3 Å². The number of amides is 3. The minimum atomic E-state index is -0.146. The highest BCUT2D eigenvalue weighted by atomic mass is 16.2. The smallest absolute Gasteiger partial charge is 0.318 e. The molecule has 22 heavy (non-hydrogen) atoms. The fourth-order valence-corrected chi connectivity index (χ4v) is 3.27. The van der Waals surface area contributed by atoms with Crippen molar-refractivity contribution in [3.63, 3.8) is 0 Å². The molecule has 2 fully saturated rings. The largest absolute Gasteiger partial charge is 0.341 e. The summed E-state index contributed by atoms with van der Waals surface area (Å²) in [5, 5.41) is 2.78. The third kappa shape index (κ3) is 3.21. The van der Waals surface area contributed by atoms with Gasteiger partial charge in [-0.15, -0.1) is 0 Å². The van der Waals surface area contributed by atoms with Gasteiger partial charge < -0.3 is 15.1 Å². The summed E-state index contributed by atoms with van der Waals surface area (Å²) in [4.78, 5) is 32.0. The third-order valence-corrected chi connectivity index (χ3v) is 4.45. The maximum absolute atomic E-state index is 12.4. The molecule has 1 N–H and O–H groups in total. The topological polar surface area (TPSA) is 65.5 Å². The fraction of sp³-hybridized carbons (Fsp3) is 0.562. The first kappa shape index (κ1) is 14.8. The van der Waals surface area contributed by atoms with Crippen molar-refractivity contribution in [2.24, 2.45) is 0 Å². The number of rotatable bonds is 3. The van der Waals surface area contributed by atoms with Crippen LogP contribution in [0.5, 0.6) is 0 Å². The van der Waals surface area contributed by atoms with E-state index in [1.54, 1.807) is 12.4 Å². The summed E-state index contributed by atoms with van der Waals surface area (Å²) in [6.07, 6.45) is 7.57. The number of nitrogens with zero attached hydrogens (tertiary/aromatic N) is 3. The van der Waals surface area contributed by atoms with Crippen LogP contribution in [0.1, 0.15) is 37.3 Å². The average molecular weight is 302 g/mol. The summed E-state index contributed by atoms with van der Waals surface area (Å²) in [6, 6.07) is 3.84. The summed E-state index contributed by atoms with van der Waals surface area (Å²) in [5.74, 6) is 0.0190. The van der Waals surface area contributed by atoms with Crippen LogP contribution in [0.25, 0.3) is 0 Å². The Morgan fingerprint density at radius 3 is 2.59 bits per heavy atom. The Morgan fingerprint density at radius 1 is 1.14 bits per heavy atom. The van der Waals surface area contributed by atoms with E-state index in [0.717, 1.165) is 50.9 Å². The van der Waals surface area contributed by atoms with E-state index in [4.69, 9.17) is 0 Å². The molecule has 1 aromatic rings. The van der Waals surface area contributed by atoms with E-state index in [1.807, 2.05) is 21.9 Å². The average Bonchev–Trinajstić information content (AvgIpc) is 3.24. The number of pyridine rings is 1. The van der Waals surface area contributed by atoms with Crippen LogP contribution in [0.15, 0.2) is 24.5 Å². The molecule has 2 aliphatic rings. The molecule has 2 aliphatic heterocycles. The Balaban J connectivity index is 1.56. The number of hydrogen-bond acceptors (Lipinski definition) is 3. The van der Waals surface area contributed by atoms with E-state index in [-0.39, 0.29) is 24.5 Å². The van der Waals surface area contributed by atoms with E-state index in [0.29, 0.717) is 0 Å². The summed E-state index contributed by atoms with van der Waals surface area (Å²) < 4.78 is 0. The van der Waals surface area contributed by atoms with E-state index in [1.165, 1.54) is 0 Å². The highest BCUT2D eigenvalue weighted by molar-refractivity contribution is 5.84. The summed E-state index contributed by atoms with van der Waals surface area (Å²) in [7, 11) is 0. The van der Waals surface area contributed by atoms with Gasteiger partial charge in [0.15, 0.2) is 0 Å². The van der Waals surface area contributed by atoms with Gasteiger partial charge in [0.1, 0.15) is 0 Å². The van der Waals surface area contributed by atoms with Crippen molar-refractivity contribution in [2.75, 3.05) is 26.2 Å². The first-order valence-electron chi connectivity index (χ1n) is 7.98. The Labute approximate surface area is 130 Å². The molecule has 3 rings (SSSR count). The minimum Gasteiger partial charge on any atom is -0.341 e. The SMILES string of the molecule is O=C(CNC(=O)N1CCCC1c1ccncc1)N1CCCC1. The molecule has 6 heteroatoms. The second-order valence-corrected chi connectivity index (χ2v) is 5.88. The lowest BCUT2D eigenvalue weighted by Gasteiger charge is -2.25. The van der Waals surface area contributed by atoms with Crippen molar-refractivity contribution in [3.05, 3.63) is 30.1 Å². The molecule has 118 valence electrons. The maximum atomic E-state index is 12.4. The van der Waals surface area contributed by atoms with Gasteiger partial charge in [-0.1, -0.05) is 0 Å². The first-order valence-corrected chi connectivity index (χ1v) is 7.98. The Hall–Kier alpha value is -2.11. The van der Waals surface area contributed by atoms with Gasteiger partial charge in [-0.25, -0.2) is 4.79 Å². The van der Waals surface area contributed by atoms with Gasteiger partial charge in [-0.3, -0.25) is 9.78 Å². The Bertz CT molecular complexity index is 528. The van der Waals surface area contributed by atoms with Gasteiger partial charge in [-0.05, 0) is 43.4 Å². The van der Waals surface area contributed by atoms with Crippen molar-refractivity contribution in [1.82, 2.24) is 20.1 Å². The van der Waals surface area contributed by atoms with Gasteiger partial charge in [0.2, 0.25) is 5.91 Å². The van der Waals surface area contributed by atoms with E-state index < -0.39 is 0 Å². The first-order chi connectivity index (χ1) is 10.8. The number of nitrogens with one attached hydrogen (secondary N) is 1. The van der Waals surface area contributed by atoms with Crippen LogP contribution in [0.4, 0.5) is 4.79 Å². The highest BCUT2D eigenvalue weighted by Crippen LogP contribution is 2.31. The quantitative estimate of drug-likeness (QED) is 0.921. The van der Waals surface area contributed by atoms with Crippen LogP contribution >= 0.6 is 0 Å². The van der Waals surface area contributed by atoms with Crippen molar-refractivity contribution in [1.29, 1.82) is 0 Å². The molecule has 0 bridgehead atoms. The van der Waals surface area contributed by atoms with Crippen LogP contribution in [0.3, 0.4) is 0 Å². The monoisotopic (exact) mass is 302 g/mol. The van der Waals surface area contributed by atoms with Crippen LogP contribution < -0.4 is 5.32 Å². The van der Waals surface area contributed by atoms with Gasteiger partial charge >= 0.3 is 6.03 Å². The Kier molecular flexibility index (Phi) is 4.56. The fourth-order valence-electron chi connectivity index (χ4n) is 3.27. The summed E-state index contributed by atoms with van der Waals surface area (Å²) in [6.45, 7) is 2.46. The standard InChI is InChI=1S/C16H22N4O2/c21-15(19-9-1-2-10-19)12-18-16(22)20-11-3-4-14(20)13-5-7-17-8-6-13/h5-8,14H,1-4,9-12H2,(H,18,22). The molecule has 0 spiro atoms. The zero-order valence-electron chi connectivity index (χ0n) is 12.7. The van der Waals surface area contributed by atoms with Gasteiger partial charge in [-0.2, -0.15) is 0 Å². The lowest BCUT2D eigenvalue weighted by molar-refractivity contribution is -0.129.